The topological polar surface area (TPSA) is 76.5 Å². The highest BCUT2D eigenvalue weighted by Crippen LogP contribution is 2.18. The van der Waals surface area contributed by atoms with Gasteiger partial charge in [-0.25, -0.2) is 4.79 Å². The van der Waals surface area contributed by atoms with Crippen molar-refractivity contribution in [1.82, 2.24) is 20.0 Å². The lowest BCUT2D eigenvalue weighted by atomic mass is 10.1. The lowest BCUT2D eigenvalue weighted by molar-refractivity contribution is 0.00532. The minimum atomic E-state index is -0.521. The fourth-order valence-electron chi connectivity index (χ4n) is 3.24. The van der Waals surface area contributed by atoms with E-state index >= 15 is 0 Å². The van der Waals surface area contributed by atoms with E-state index in [9.17, 15) is 9.59 Å². The molecule has 0 bridgehead atoms. The predicted molar refractivity (Wildman–Crippen MR) is 106 cm³/mol. The van der Waals surface area contributed by atoms with Gasteiger partial charge in [0.05, 0.1) is 23.8 Å². The number of carbonyl (C=O) groups excluding carboxylic acids is 2. The zero-order valence-corrected chi connectivity index (χ0v) is 17.2. The minimum absolute atomic E-state index is 0.0729. The summed E-state index contributed by atoms with van der Waals surface area (Å²) < 4.78 is 7.19. The van der Waals surface area contributed by atoms with Gasteiger partial charge in [0, 0.05) is 18.8 Å². The highest BCUT2D eigenvalue weighted by atomic mass is 16.6. The second-order valence-electron chi connectivity index (χ2n) is 8.24. The molecule has 0 spiro atoms. The van der Waals surface area contributed by atoms with E-state index < -0.39 is 5.60 Å². The molecule has 0 unspecified atom stereocenters. The Morgan fingerprint density at radius 2 is 1.82 bits per heavy atom. The lowest BCUT2D eigenvalue weighted by Gasteiger charge is -2.39. The zero-order valence-electron chi connectivity index (χ0n) is 17.2. The Morgan fingerprint density at radius 3 is 2.43 bits per heavy atom. The monoisotopic (exact) mass is 384 g/mol. The first-order chi connectivity index (χ1) is 13.1. The SMILES string of the molecule is Cc1nn(Cc2ccccc2)c(C)c1C(=O)NC1CN(C(=O)OC(C)(C)C)C1. The van der Waals surface area contributed by atoms with Gasteiger partial charge in [0.1, 0.15) is 5.60 Å². The highest BCUT2D eigenvalue weighted by molar-refractivity contribution is 5.96. The number of aryl methyl sites for hydroxylation is 1. The van der Waals surface area contributed by atoms with Gasteiger partial charge in [0.15, 0.2) is 0 Å². The van der Waals surface area contributed by atoms with Crippen LogP contribution < -0.4 is 5.32 Å². The summed E-state index contributed by atoms with van der Waals surface area (Å²) >= 11 is 0. The van der Waals surface area contributed by atoms with Crippen LogP contribution in [0.4, 0.5) is 4.79 Å². The van der Waals surface area contributed by atoms with Crippen molar-refractivity contribution in [2.45, 2.75) is 52.8 Å². The summed E-state index contributed by atoms with van der Waals surface area (Å²) in [5, 5.41) is 7.53. The largest absolute Gasteiger partial charge is 0.444 e. The van der Waals surface area contributed by atoms with Crippen LogP contribution in [0, 0.1) is 13.8 Å². The molecule has 0 saturated carbocycles. The van der Waals surface area contributed by atoms with Crippen LogP contribution in [0.25, 0.3) is 0 Å². The molecule has 1 saturated heterocycles. The lowest BCUT2D eigenvalue weighted by Crippen LogP contribution is -2.61. The van der Waals surface area contributed by atoms with Crippen molar-refractivity contribution in [1.29, 1.82) is 0 Å². The molecule has 7 heteroatoms. The Bertz CT molecular complexity index is 862. The van der Waals surface area contributed by atoms with E-state index in [4.69, 9.17) is 4.74 Å². The number of ether oxygens (including phenoxy) is 1. The second kappa shape index (κ2) is 7.66. The molecule has 2 heterocycles. The van der Waals surface area contributed by atoms with Gasteiger partial charge in [0.2, 0.25) is 0 Å². The maximum Gasteiger partial charge on any atom is 0.410 e. The molecule has 1 aliphatic rings. The van der Waals surface area contributed by atoms with Crippen molar-refractivity contribution in [3.8, 4) is 0 Å². The van der Waals surface area contributed by atoms with E-state index in [0.717, 1.165) is 11.3 Å². The quantitative estimate of drug-likeness (QED) is 0.879. The van der Waals surface area contributed by atoms with Crippen LogP contribution in [0.3, 0.4) is 0 Å². The van der Waals surface area contributed by atoms with Crippen molar-refractivity contribution >= 4 is 12.0 Å². The summed E-state index contributed by atoms with van der Waals surface area (Å²) in [5.74, 6) is -0.150. The fourth-order valence-corrected chi connectivity index (χ4v) is 3.24. The standard InChI is InChI=1S/C21H28N4O3/c1-14-18(15(2)25(23-14)11-16-9-7-6-8-10-16)19(26)22-17-12-24(13-17)20(27)28-21(3,4)5/h6-10,17H,11-13H2,1-5H3,(H,22,26). The molecule has 1 aliphatic heterocycles. The normalized spacial score (nSPS) is 14.5. The molecule has 2 amide bonds. The number of likely N-dealkylation sites (tertiary alicyclic amines) is 1. The number of hydrogen-bond acceptors (Lipinski definition) is 4. The number of amides is 2. The number of rotatable bonds is 4. The number of nitrogens with one attached hydrogen (secondary N) is 1. The molecular formula is C21H28N4O3. The maximum absolute atomic E-state index is 12.8. The molecule has 7 nitrogen and oxygen atoms in total. The Balaban J connectivity index is 1.59. The Kier molecular flexibility index (Phi) is 5.45. The number of hydrogen-bond donors (Lipinski definition) is 1. The van der Waals surface area contributed by atoms with Gasteiger partial charge in [-0.05, 0) is 40.2 Å². The Morgan fingerprint density at radius 1 is 1.18 bits per heavy atom. The molecule has 28 heavy (non-hydrogen) atoms. The van der Waals surface area contributed by atoms with Gasteiger partial charge < -0.3 is 15.0 Å². The first kappa shape index (κ1) is 19.9. The van der Waals surface area contributed by atoms with Crippen LogP contribution >= 0.6 is 0 Å². The van der Waals surface area contributed by atoms with Crippen molar-refractivity contribution < 1.29 is 14.3 Å². The zero-order chi connectivity index (χ0) is 20.5. The third kappa shape index (κ3) is 4.52. The van der Waals surface area contributed by atoms with Crippen molar-refractivity contribution in [3.05, 3.63) is 52.8 Å². The van der Waals surface area contributed by atoms with Gasteiger partial charge in [0.25, 0.3) is 5.91 Å². The minimum Gasteiger partial charge on any atom is -0.444 e. The first-order valence-electron chi connectivity index (χ1n) is 9.51. The summed E-state index contributed by atoms with van der Waals surface area (Å²) in [6.07, 6.45) is -0.346. The molecule has 1 fully saturated rings. The van der Waals surface area contributed by atoms with E-state index in [-0.39, 0.29) is 18.0 Å². The summed E-state index contributed by atoms with van der Waals surface area (Å²) in [4.78, 5) is 26.4. The maximum atomic E-state index is 12.8. The van der Waals surface area contributed by atoms with Crippen LogP contribution in [0.5, 0.6) is 0 Å². The van der Waals surface area contributed by atoms with E-state index in [2.05, 4.69) is 10.4 Å². The van der Waals surface area contributed by atoms with Gasteiger partial charge >= 0.3 is 6.09 Å². The van der Waals surface area contributed by atoms with Crippen LogP contribution in [0.1, 0.15) is 48.1 Å². The predicted octanol–water partition coefficient (Wildman–Crippen LogP) is 2.90. The third-order valence-corrected chi connectivity index (χ3v) is 4.65. The van der Waals surface area contributed by atoms with Crippen LogP contribution in [-0.2, 0) is 11.3 Å². The average molecular weight is 384 g/mol. The molecule has 0 radical (unpaired) electrons. The highest BCUT2D eigenvalue weighted by Gasteiger charge is 2.35. The van der Waals surface area contributed by atoms with E-state index in [1.807, 2.05) is 69.6 Å². The van der Waals surface area contributed by atoms with Gasteiger partial charge in [-0.15, -0.1) is 0 Å². The molecule has 1 N–H and O–H groups in total. The smallest absolute Gasteiger partial charge is 0.410 e. The molecule has 2 aromatic rings. The van der Waals surface area contributed by atoms with Crippen molar-refractivity contribution in [2.75, 3.05) is 13.1 Å². The van der Waals surface area contributed by atoms with Crippen LogP contribution in [0.15, 0.2) is 30.3 Å². The fraction of sp³-hybridized carbons (Fsp3) is 0.476. The Hall–Kier alpha value is -2.83. The Labute approximate surface area is 165 Å². The molecule has 0 aliphatic carbocycles. The van der Waals surface area contributed by atoms with Crippen LogP contribution in [-0.4, -0.2) is 51.4 Å². The summed E-state index contributed by atoms with van der Waals surface area (Å²) in [7, 11) is 0. The molecule has 150 valence electrons. The van der Waals surface area contributed by atoms with E-state index in [1.54, 1.807) is 4.90 Å². The average Bonchev–Trinajstić information content (AvgIpc) is 2.83. The molecule has 0 atom stereocenters. The summed E-state index contributed by atoms with van der Waals surface area (Å²) in [6.45, 7) is 10.8. The number of aromatic nitrogens is 2. The summed E-state index contributed by atoms with van der Waals surface area (Å²) in [5.41, 5.74) is 2.75. The van der Waals surface area contributed by atoms with E-state index in [1.165, 1.54) is 0 Å². The van der Waals surface area contributed by atoms with Gasteiger partial charge in [-0.2, -0.15) is 5.10 Å². The first-order valence-corrected chi connectivity index (χ1v) is 9.51. The molecule has 1 aromatic carbocycles. The molecule has 1 aromatic heterocycles. The van der Waals surface area contributed by atoms with Crippen molar-refractivity contribution in [3.63, 3.8) is 0 Å². The van der Waals surface area contributed by atoms with Gasteiger partial charge in [-0.1, -0.05) is 30.3 Å². The van der Waals surface area contributed by atoms with Crippen LogP contribution in [0.2, 0.25) is 0 Å². The number of benzene rings is 1. The third-order valence-electron chi connectivity index (χ3n) is 4.65. The second-order valence-corrected chi connectivity index (χ2v) is 8.24. The number of nitrogens with zero attached hydrogens (tertiary/aromatic N) is 3. The van der Waals surface area contributed by atoms with Gasteiger partial charge in [-0.3, -0.25) is 9.48 Å². The molecule has 3 rings (SSSR count). The van der Waals surface area contributed by atoms with E-state index in [0.29, 0.717) is 30.9 Å². The van der Waals surface area contributed by atoms with Crippen molar-refractivity contribution in [2.24, 2.45) is 0 Å². The number of carbonyl (C=O) groups is 2. The molecular weight excluding hydrogens is 356 g/mol. The summed E-state index contributed by atoms with van der Waals surface area (Å²) in [6, 6.07) is 9.95.